The predicted molar refractivity (Wildman–Crippen MR) is 104 cm³/mol. The summed E-state index contributed by atoms with van der Waals surface area (Å²) in [7, 11) is 4.71. The molecule has 8 heteroatoms. The third-order valence-corrected chi connectivity index (χ3v) is 4.97. The number of hydrogen-bond acceptors (Lipinski definition) is 6. The van der Waals surface area contributed by atoms with E-state index in [0.29, 0.717) is 23.8 Å². The van der Waals surface area contributed by atoms with E-state index in [1.54, 1.807) is 39.7 Å². The number of carbonyl (C=O) groups excluding carboxylic acids is 1. The molecule has 0 aliphatic rings. The first kappa shape index (κ1) is 18.9. The Hall–Kier alpha value is -2.87. The highest BCUT2D eigenvalue weighted by Gasteiger charge is 2.13. The number of hydrogen-bond donors (Lipinski definition) is 1. The van der Waals surface area contributed by atoms with Crippen LogP contribution in [0.25, 0.3) is 5.52 Å². The summed E-state index contributed by atoms with van der Waals surface area (Å²) in [4.78, 5) is 16.6. The van der Waals surface area contributed by atoms with Crippen LogP contribution in [0.4, 0.5) is 0 Å². The molecule has 0 bridgehead atoms. The summed E-state index contributed by atoms with van der Waals surface area (Å²) in [6.07, 6.45) is 3.71. The molecular formula is C19H21N3O4S. The molecule has 0 spiro atoms. The van der Waals surface area contributed by atoms with Gasteiger partial charge in [-0.1, -0.05) is 17.8 Å². The van der Waals surface area contributed by atoms with Gasteiger partial charge in [0.1, 0.15) is 5.75 Å². The van der Waals surface area contributed by atoms with Crippen molar-refractivity contribution in [3.8, 4) is 17.2 Å². The van der Waals surface area contributed by atoms with E-state index >= 15 is 0 Å². The van der Waals surface area contributed by atoms with Crippen LogP contribution in [0.2, 0.25) is 0 Å². The van der Waals surface area contributed by atoms with Crippen molar-refractivity contribution in [1.82, 2.24) is 14.7 Å². The Bertz CT molecular complexity index is 942. The van der Waals surface area contributed by atoms with Crippen molar-refractivity contribution < 1.29 is 19.0 Å². The minimum absolute atomic E-state index is 0.0930. The monoisotopic (exact) mass is 387 g/mol. The molecule has 0 unspecified atom stereocenters. The van der Waals surface area contributed by atoms with Gasteiger partial charge in [-0.05, 0) is 18.2 Å². The number of amides is 1. The molecule has 7 nitrogen and oxygen atoms in total. The van der Waals surface area contributed by atoms with Gasteiger partial charge in [0.15, 0.2) is 16.7 Å². The first-order valence-corrected chi connectivity index (χ1v) is 9.25. The molecule has 3 aromatic rings. The number of nitrogens with zero attached hydrogens (tertiary/aromatic N) is 2. The summed E-state index contributed by atoms with van der Waals surface area (Å²) in [5.41, 5.74) is 1.80. The molecular weight excluding hydrogens is 366 g/mol. The maximum Gasteiger partial charge on any atom is 0.230 e. The summed E-state index contributed by atoms with van der Waals surface area (Å²) in [6, 6.07) is 9.40. The average Bonchev–Trinajstić information content (AvgIpc) is 3.13. The highest BCUT2D eigenvalue weighted by atomic mass is 32.2. The van der Waals surface area contributed by atoms with Gasteiger partial charge in [-0.2, -0.15) is 0 Å². The zero-order valence-electron chi connectivity index (χ0n) is 15.4. The van der Waals surface area contributed by atoms with Gasteiger partial charge in [0.25, 0.3) is 0 Å². The lowest BCUT2D eigenvalue weighted by Gasteiger charge is -2.14. The van der Waals surface area contributed by atoms with Gasteiger partial charge in [0, 0.05) is 24.4 Å². The van der Waals surface area contributed by atoms with E-state index in [2.05, 4.69) is 10.3 Å². The Morgan fingerprint density at radius 3 is 2.59 bits per heavy atom. The van der Waals surface area contributed by atoms with Crippen LogP contribution in [0.5, 0.6) is 17.2 Å². The third kappa shape index (κ3) is 4.28. The lowest BCUT2D eigenvalue weighted by molar-refractivity contribution is -0.118. The van der Waals surface area contributed by atoms with Crippen LogP contribution in [-0.4, -0.2) is 42.4 Å². The molecule has 2 heterocycles. The largest absolute Gasteiger partial charge is 0.496 e. The van der Waals surface area contributed by atoms with E-state index in [1.807, 2.05) is 28.8 Å². The smallest absolute Gasteiger partial charge is 0.230 e. The van der Waals surface area contributed by atoms with Crippen molar-refractivity contribution >= 4 is 23.2 Å². The van der Waals surface area contributed by atoms with Crippen LogP contribution in [0.15, 0.2) is 47.9 Å². The number of benzene rings is 1. The summed E-state index contributed by atoms with van der Waals surface area (Å²) < 4.78 is 17.9. The van der Waals surface area contributed by atoms with Crippen molar-refractivity contribution in [2.75, 3.05) is 27.1 Å². The van der Waals surface area contributed by atoms with E-state index in [1.165, 1.54) is 11.8 Å². The van der Waals surface area contributed by atoms with Crippen LogP contribution < -0.4 is 19.5 Å². The number of thioether (sulfide) groups is 1. The second-order valence-corrected chi connectivity index (χ2v) is 6.56. The molecule has 3 rings (SSSR count). The Morgan fingerprint density at radius 2 is 1.85 bits per heavy atom. The molecule has 0 fully saturated rings. The maximum atomic E-state index is 12.3. The molecule has 0 saturated heterocycles. The van der Waals surface area contributed by atoms with Gasteiger partial charge >= 0.3 is 0 Å². The summed E-state index contributed by atoms with van der Waals surface area (Å²) in [6.45, 7) is 0.325. The van der Waals surface area contributed by atoms with Crippen molar-refractivity contribution in [3.05, 3.63) is 48.3 Å². The quantitative estimate of drug-likeness (QED) is 0.599. The number of methoxy groups -OCH3 is 3. The number of carbonyl (C=O) groups is 1. The van der Waals surface area contributed by atoms with Gasteiger partial charge in [-0.3, -0.25) is 9.20 Å². The minimum atomic E-state index is -0.0930. The molecule has 142 valence electrons. The molecule has 27 heavy (non-hydrogen) atoms. The van der Waals surface area contributed by atoms with E-state index in [0.717, 1.165) is 16.2 Å². The molecule has 0 radical (unpaired) electrons. The van der Waals surface area contributed by atoms with Gasteiger partial charge in [-0.15, -0.1) is 0 Å². The van der Waals surface area contributed by atoms with Gasteiger partial charge in [0.2, 0.25) is 5.91 Å². The molecule has 1 aromatic carbocycles. The topological polar surface area (TPSA) is 74.1 Å². The third-order valence-electron chi connectivity index (χ3n) is 4.00. The van der Waals surface area contributed by atoms with E-state index in [9.17, 15) is 4.79 Å². The maximum absolute atomic E-state index is 12.3. The summed E-state index contributed by atoms with van der Waals surface area (Å²) in [5, 5.41) is 3.68. The van der Waals surface area contributed by atoms with Crippen molar-refractivity contribution in [2.45, 2.75) is 11.7 Å². The number of rotatable bonds is 8. The number of imidazole rings is 1. The zero-order chi connectivity index (χ0) is 19.2. The predicted octanol–water partition coefficient (Wildman–Crippen LogP) is 2.77. The van der Waals surface area contributed by atoms with Crippen molar-refractivity contribution in [1.29, 1.82) is 0 Å². The first-order valence-electron chi connectivity index (χ1n) is 8.26. The Balaban J connectivity index is 1.62. The van der Waals surface area contributed by atoms with Crippen LogP contribution >= 0.6 is 11.8 Å². The average molecular weight is 387 g/mol. The fourth-order valence-corrected chi connectivity index (χ4v) is 3.43. The number of ether oxygens (including phenoxy) is 3. The van der Waals surface area contributed by atoms with Crippen LogP contribution in [0.1, 0.15) is 5.56 Å². The summed E-state index contributed by atoms with van der Waals surface area (Å²) in [5.74, 6) is 1.96. The van der Waals surface area contributed by atoms with Crippen LogP contribution in [-0.2, 0) is 11.3 Å². The van der Waals surface area contributed by atoms with E-state index in [4.69, 9.17) is 14.2 Å². The lowest BCUT2D eigenvalue weighted by atomic mass is 10.1. The molecule has 0 aliphatic carbocycles. The van der Waals surface area contributed by atoms with Crippen molar-refractivity contribution in [2.24, 2.45) is 0 Å². The SMILES string of the molecule is COc1cc(OC)c(OC)cc1CNC(=O)CSc1ncc2ccccn12. The molecule has 2 aromatic heterocycles. The van der Waals surface area contributed by atoms with E-state index in [-0.39, 0.29) is 11.7 Å². The fourth-order valence-electron chi connectivity index (χ4n) is 2.63. The Kier molecular flexibility index (Phi) is 6.08. The highest BCUT2D eigenvalue weighted by molar-refractivity contribution is 7.99. The first-order chi connectivity index (χ1) is 13.2. The van der Waals surface area contributed by atoms with Gasteiger partial charge in [0.05, 0.1) is 38.8 Å². The molecule has 1 amide bonds. The molecule has 0 saturated carbocycles. The second kappa shape index (κ2) is 8.68. The number of nitrogens with one attached hydrogen (secondary N) is 1. The Morgan fingerprint density at radius 1 is 1.11 bits per heavy atom. The van der Waals surface area contributed by atoms with Crippen molar-refractivity contribution in [3.63, 3.8) is 0 Å². The minimum Gasteiger partial charge on any atom is -0.496 e. The van der Waals surface area contributed by atoms with Crippen LogP contribution in [0, 0.1) is 0 Å². The molecule has 0 atom stereocenters. The number of fused-ring (bicyclic) bond motifs is 1. The Labute approximate surface area is 161 Å². The number of aromatic nitrogens is 2. The zero-order valence-corrected chi connectivity index (χ0v) is 16.2. The number of pyridine rings is 1. The second-order valence-electron chi connectivity index (χ2n) is 5.62. The standard InChI is InChI=1S/C19H21N3O4S/c1-24-15-9-17(26-3)16(25-2)8-13(15)10-20-18(23)12-27-19-21-11-14-6-4-5-7-22(14)19/h4-9,11H,10,12H2,1-3H3,(H,20,23). The lowest BCUT2D eigenvalue weighted by Crippen LogP contribution is -2.25. The van der Waals surface area contributed by atoms with Crippen LogP contribution in [0.3, 0.4) is 0 Å². The highest BCUT2D eigenvalue weighted by Crippen LogP contribution is 2.34. The normalized spacial score (nSPS) is 10.6. The summed E-state index contributed by atoms with van der Waals surface area (Å²) >= 11 is 1.39. The van der Waals surface area contributed by atoms with Gasteiger partial charge < -0.3 is 19.5 Å². The van der Waals surface area contributed by atoms with Gasteiger partial charge in [-0.25, -0.2) is 4.98 Å². The molecule has 0 aliphatic heterocycles. The fraction of sp³-hybridized carbons (Fsp3) is 0.263. The van der Waals surface area contributed by atoms with E-state index < -0.39 is 0 Å². The molecule has 1 N–H and O–H groups in total.